The van der Waals surface area contributed by atoms with E-state index in [4.69, 9.17) is 0 Å². The molecule has 53 heavy (non-hydrogen) atoms. The molecule has 2 amide bonds. The maximum absolute atomic E-state index is 14.1. The normalized spacial score (nSPS) is 12.8. The molecule has 0 aromatic heterocycles. The summed E-state index contributed by atoms with van der Waals surface area (Å²) in [5.41, 5.74) is 4.43. The van der Waals surface area contributed by atoms with Crippen LogP contribution in [0.2, 0.25) is 0 Å². The molecular formula is C47H46N2O4. The van der Waals surface area contributed by atoms with E-state index in [1.54, 1.807) is 0 Å². The van der Waals surface area contributed by atoms with Crippen molar-refractivity contribution in [3.8, 4) is 0 Å². The van der Waals surface area contributed by atoms with Gasteiger partial charge in [-0.05, 0) is 61.1 Å². The number of nitrogens with one attached hydrogen (secondary N) is 2. The van der Waals surface area contributed by atoms with Gasteiger partial charge in [-0.2, -0.15) is 0 Å². The molecule has 0 heterocycles. The van der Waals surface area contributed by atoms with E-state index in [-0.39, 0.29) is 0 Å². The first-order chi connectivity index (χ1) is 25.5. The van der Waals surface area contributed by atoms with Gasteiger partial charge in [0.15, 0.2) is 0 Å². The number of hydrogen-bond donors (Lipinski definition) is 4. The number of rotatable bonds is 12. The number of hydrogen-bond acceptors (Lipinski definition) is 4. The first-order valence-corrected chi connectivity index (χ1v) is 17.9. The van der Waals surface area contributed by atoms with Crippen LogP contribution in [0.1, 0.15) is 74.1 Å². The molecule has 0 saturated heterocycles. The Bertz CT molecular complexity index is 1880. The zero-order valence-corrected chi connectivity index (χ0v) is 30.6. The Morgan fingerprint density at radius 2 is 0.679 bits per heavy atom. The van der Waals surface area contributed by atoms with E-state index < -0.39 is 41.5 Å². The number of carbonyl (C=O) groups is 2. The van der Waals surface area contributed by atoms with Gasteiger partial charge in [0.05, 0.1) is 12.1 Å². The van der Waals surface area contributed by atoms with Crippen LogP contribution >= 0.6 is 0 Å². The number of carbonyl (C=O) groups excluding carboxylic acids is 2. The molecule has 0 saturated carbocycles. The first kappa shape index (κ1) is 37.0. The van der Waals surface area contributed by atoms with Crippen LogP contribution in [0.25, 0.3) is 0 Å². The second kappa shape index (κ2) is 15.8. The molecule has 6 aromatic rings. The highest BCUT2D eigenvalue weighted by atomic mass is 16.3. The van der Waals surface area contributed by atoms with Crippen molar-refractivity contribution in [2.24, 2.45) is 0 Å². The molecule has 0 radical (unpaired) electrons. The SMILES string of the molecule is Cc1ccc(C(O)(c2ccc(C)cc2)C(NC(=O)CC(=O)NC(c2ccccc2)C(O)(c2ccc(C)cc2)c2ccc(C)cc2)c2ccccc2)cc1. The quantitative estimate of drug-likeness (QED) is 0.0967. The van der Waals surface area contributed by atoms with Crippen molar-refractivity contribution in [1.82, 2.24) is 10.6 Å². The van der Waals surface area contributed by atoms with Gasteiger partial charge in [-0.1, -0.05) is 180 Å². The summed E-state index contributed by atoms with van der Waals surface area (Å²) in [6, 6.07) is 47.0. The summed E-state index contributed by atoms with van der Waals surface area (Å²) in [6.45, 7) is 7.91. The highest BCUT2D eigenvalue weighted by Gasteiger charge is 2.44. The van der Waals surface area contributed by atoms with Crippen molar-refractivity contribution in [2.75, 3.05) is 0 Å². The molecular weight excluding hydrogens is 657 g/mol. The minimum absolute atomic E-state index is 0.553. The Kier molecular flexibility index (Phi) is 11.0. The average molecular weight is 703 g/mol. The monoisotopic (exact) mass is 702 g/mol. The van der Waals surface area contributed by atoms with Crippen molar-refractivity contribution in [3.05, 3.63) is 213 Å². The Morgan fingerprint density at radius 1 is 0.434 bits per heavy atom. The van der Waals surface area contributed by atoms with Gasteiger partial charge in [0.2, 0.25) is 11.8 Å². The molecule has 268 valence electrons. The molecule has 0 aliphatic carbocycles. The van der Waals surface area contributed by atoms with Crippen LogP contribution in [0.3, 0.4) is 0 Å². The van der Waals surface area contributed by atoms with Crippen molar-refractivity contribution >= 4 is 11.8 Å². The zero-order chi connectivity index (χ0) is 37.6. The Hall–Kier alpha value is -5.82. The fraction of sp³-hybridized carbons (Fsp3) is 0.191. The van der Waals surface area contributed by atoms with Gasteiger partial charge in [0, 0.05) is 0 Å². The van der Waals surface area contributed by atoms with E-state index in [0.29, 0.717) is 33.4 Å². The predicted molar refractivity (Wildman–Crippen MR) is 210 cm³/mol. The highest BCUT2D eigenvalue weighted by molar-refractivity contribution is 5.97. The summed E-state index contributed by atoms with van der Waals surface area (Å²) in [7, 11) is 0. The third-order valence-corrected chi connectivity index (χ3v) is 10.00. The fourth-order valence-corrected chi connectivity index (χ4v) is 6.95. The lowest BCUT2D eigenvalue weighted by molar-refractivity contribution is -0.132. The van der Waals surface area contributed by atoms with E-state index >= 15 is 0 Å². The Labute approximate surface area is 312 Å². The van der Waals surface area contributed by atoms with Crippen molar-refractivity contribution in [3.63, 3.8) is 0 Å². The lowest BCUT2D eigenvalue weighted by Crippen LogP contribution is -2.48. The zero-order valence-electron chi connectivity index (χ0n) is 30.6. The molecule has 0 aliphatic heterocycles. The molecule has 2 atom stereocenters. The third kappa shape index (κ3) is 8.00. The van der Waals surface area contributed by atoms with E-state index in [1.165, 1.54) is 0 Å². The van der Waals surface area contributed by atoms with Crippen molar-refractivity contribution in [1.29, 1.82) is 0 Å². The van der Waals surface area contributed by atoms with E-state index in [2.05, 4.69) is 10.6 Å². The van der Waals surface area contributed by atoms with Gasteiger partial charge in [-0.15, -0.1) is 0 Å². The molecule has 6 nitrogen and oxygen atoms in total. The predicted octanol–water partition coefficient (Wildman–Crippen LogP) is 8.20. The summed E-state index contributed by atoms with van der Waals surface area (Å²) in [5, 5.41) is 31.8. The first-order valence-electron chi connectivity index (χ1n) is 17.9. The number of amides is 2. The number of aryl methyl sites for hydroxylation is 4. The van der Waals surface area contributed by atoms with Crippen LogP contribution in [0.5, 0.6) is 0 Å². The highest BCUT2D eigenvalue weighted by Crippen LogP contribution is 2.43. The van der Waals surface area contributed by atoms with E-state index in [1.807, 2.05) is 185 Å². The van der Waals surface area contributed by atoms with Gasteiger partial charge in [-0.3, -0.25) is 9.59 Å². The van der Waals surface area contributed by atoms with Gasteiger partial charge < -0.3 is 20.8 Å². The lowest BCUT2D eigenvalue weighted by atomic mass is 9.76. The maximum atomic E-state index is 14.1. The number of aliphatic hydroxyl groups is 2. The van der Waals surface area contributed by atoms with Gasteiger partial charge in [0.25, 0.3) is 0 Å². The van der Waals surface area contributed by atoms with Crippen LogP contribution in [-0.2, 0) is 20.8 Å². The minimum atomic E-state index is -1.70. The van der Waals surface area contributed by atoms with Gasteiger partial charge in [-0.25, -0.2) is 0 Å². The fourth-order valence-electron chi connectivity index (χ4n) is 6.95. The molecule has 4 N–H and O–H groups in total. The van der Waals surface area contributed by atoms with Gasteiger partial charge in [0.1, 0.15) is 17.6 Å². The lowest BCUT2D eigenvalue weighted by Gasteiger charge is -2.39. The molecule has 0 spiro atoms. The summed E-state index contributed by atoms with van der Waals surface area (Å²) in [5.74, 6) is -1.18. The van der Waals surface area contributed by atoms with Crippen molar-refractivity contribution < 1.29 is 19.8 Å². The van der Waals surface area contributed by atoms with Gasteiger partial charge >= 0.3 is 0 Å². The standard InChI is InChI=1S/C47H46N2O4/c1-32-15-23-38(24-16-32)46(52,39-25-17-33(2)18-26-39)44(36-11-7-5-8-12-36)48-42(50)31-43(51)49-45(37-13-9-6-10-14-37)47(53,40-27-19-34(3)20-28-40)41-29-21-35(4)22-30-41/h5-30,44-45,52-53H,31H2,1-4H3,(H,48,50)(H,49,51). The molecule has 0 aliphatic rings. The molecule has 6 aromatic carbocycles. The van der Waals surface area contributed by atoms with Crippen LogP contribution in [0.15, 0.2) is 158 Å². The summed E-state index contributed by atoms with van der Waals surface area (Å²) < 4.78 is 0. The van der Waals surface area contributed by atoms with Crippen LogP contribution in [0, 0.1) is 27.7 Å². The molecule has 2 unspecified atom stereocenters. The smallest absolute Gasteiger partial charge is 0.230 e. The second-order valence-electron chi connectivity index (χ2n) is 14.0. The maximum Gasteiger partial charge on any atom is 0.230 e. The molecule has 6 heteroatoms. The summed E-state index contributed by atoms with van der Waals surface area (Å²) >= 11 is 0. The van der Waals surface area contributed by atoms with Crippen molar-refractivity contribution in [2.45, 2.75) is 57.4 Å². The topological polar surface area (TPSA) is 98.7 Å². The second-order valence-corrected chi connectivity index (χ2v) is 14.0. The Balaban J connectivity index is 1.36. The molecule has 0 bridgehead atoms. The van der Waals surface area contributed by atoms with Crippen LogP contribution in [-0.4, -0.2) is 22.0 Å². The third-order valence-electron chi connectivity index (χ3n) is 10.00. The average Bonchev–Trinajstić information content (AvgIpc) is 3.17. The summed E-state index contributed by atoms with van der Waals surface area (Å²) in [4.78, 5) is 28.2. The molecule has 0 fully saturated rings. The number of benzene rings is 6. The molecule has 6 rings (SSSR count). The summed E-state index contributed by atoms with van der Waals surface area (Å²) in [6.07, 6.45) is -0.553. The minimum Gasteiger partial charge on any atom is -0.378 e. The van der Waals surface area contributed by atoms with Crippen LogP contribution < -0.4 is 10.6 Å². The Morgan fingerprint density at radius 3 is 0.925 bits per heavy atom. The van der Waals surface area contributed by atoms with E-state index in [0.717, 1.165) is 22.3 Å². The largest absolute Gasteiger partial charge is 0.378 e. The van der Waals surface area contributed by atoms with E-state index in [9.17, 15) is 19.8 Å². The van der Waals surface area contributed by atoms with Crippen LogP contribution in [0.4, 0.5) is 0 Å².